The monoisotopic (exact) mass is 431 g/mol. The zero-order valence-electron chi connectivity index (χ0n) is 13.4. The summed E-state index contributed by atoms with van der Waals surface area (Å²) in [5, 5.41) is 8.30. The second-order valence-corrected chi connectivity index (χ2v) is 7.92. The lowest BCUT2D eigenvalue weighted by atomic mass is 10.2. The van der Waals surface area contributed by atoms with Crippen molar-refractivity contribution >= 4 is 63.9 Å². The third-order valence-electron chi connectivity index (χ3n) is 3.11. The van der Waals surface area contributed by atoms with Crippen molar-refractivity contribution in [3.8, 4) is 0 Å². The molecule has 2 aromatic rings. The Morgan fingerprint density at radius 1 is 1.00 bits per heavy atom. The van der Waals surface area contributed by atoms with Gasteiger partial charge in [0.15, 0.2) is 11.3 Å². The molecule has 0 unspecified atom stereocenters. The molecule has 0 aliphatic rings. The molecule has 2 rings (SSSR count). The number of carbonyl (C=O) groups is 1. The first-order chi connectivity index (χ1) is 12.3. The van der Waals surface area contributed by atoms with Crippen LogP contribution in [0.25, 0.3) is 0 Å². The van der Waals surface area contributed by atoms with E-state index in [-0.39, 0.29) is 11.7 Å². The van der Waals surface area contributed by atoms with E-state index in [2.05, 4.69) is 16.0 Å². The Labute approximate surface area is 172 Å². The summed E-state index contributed by atoms with van der Waals surface area (Å²) in [6.07, 6.45) is -1.85. The van der Waals surface area contributed by atoms with Crippen molar-refractivity contribution in [1.29, 1.82) is 0 Å². The number of alkyl carbamates (subject to hydrolysis) is 1. The average Bonchev–Trinajstić information content (AvgIpc) is 2.60. The molecule has 3 N–H and O–H groups in total. The first-order valence-electron chi connectivity index (χ1n) is 7.51. The van der Waals surface area contributed by atoms with Crippen LogP contribution in [0.4, 0.5) is 10.5 Å². The van der Waals surface area contributed by atoms with Crippen molar-refractivity contribution < 1.29 is 9.53 Å². The normalized spacial score (nSPS) is 12.0. The molecule has 0 aliphatic carbocycles. The number of alkyl halides is 3. The number of hydrogen-bond acceptors (Lipinski definition) is 3. The topological polar surface area (TPSA) is 62.4 Å². The zero-order valence-corrected chi connectivity index (χ0v) is 16.5. The summed E-state index contributed by atoms with van der Waals surface area (Å²) in [4.78, 5) is 12.0. The van der Waals surface area contributed by atoms with Gasteiger partial charge >= 0.3 is 6.09 Å². The first-order valence-corrected chi connectivity index (χ1v) is 9.05. The molecule has 0 aromatic heterocycles. The van der Waals surface area contributed by atoms with E-state index in [0.717, 1.165) is 11.3 Å². The number of rotatable bonds is 5. The van der Waals surface area contributed by atoms with Crippen LogP contribution in [0.3, 0.4) is 0 Å². The van der Waals surface area contributed by atoms with Crippen LogP contribution in [0.15, 0.2) is 60.7 Å². The van der Waals surface area contributed by atoms with Gasteiger partial charge in [0.25, 0.3) is 0 Å². The molecular weight excluding hydrogens is 417 g/mol. The molecule has 0 saturated carbocycles. The van der Waals surface area contributed by atoms with Crippen molar-refractivity contribution in [1.82, 2.24) is 10.6 Å². The van der Waals surface area contributed by atoms with Gasteiger partial charge in [-0.25, -0.2) is 4.79 Å². The number of amides is 1. The molecule has 0 heterocycles. The Morgan fingerprint density at radius 3 is 2.15 bits per heavy atom. The zero-order chi connectivity index (χ0) is 19.0. The third kappa shape index (κ3) is 7.25. The quantitative estimate of drug-likeness (QED) is 0.366. The predicted octanol–water partition coefficient (Wildman–Crippen LogP) is 4.60. The van der Waals surface area contributed by atoms with Gasteiger partial charge in [0.1, 0.15) is 6.61 Å². The Hall–Kier alpha value is -1.73. The summed E-state index contributed by atoms with van der Waals surface area (Å²) in [5.41, 5.74) is 1.59. The van der Waals surface area contributed by atoms with Gasteiger partial charge in [0.05, 0.1) is 0 Å². The molecule has 9 heteroatoms. The lowest BCUT2D eigenvalue weighted by Crippen LogP contribution is -2.56. The fourth-order valence-electron chi connectivity index (χ4n) is 1.90. The minimum atomic E-state index is -1.85. The molecule has 0 fully saturated rings. The van der Waals surface area contributed by atoms with E-state index in [1.54, 1.807) is 0 Å². The number of anilines is 1. The van der Waals surface area contributed by atoms with Crippen LogP contribution in [-0.4, -0.2) is 21.2 Å². The Bertz CT molecular complexity index is 727. The van der Waals surface area contributed by atoms with Crippen LogP contribution in [0, 0.1) is 0 Å². The van der Waals surface area contributed by atoms with Crippen molar-refractivity contribution in [2.24, 2.45) is 0 Å². The smallest absolute Gasteiger partial charge is 0.409 e. The van der Waals surface area contributed by atoms with E-state index in [9.17, 15) is 4.79 Å². The van der Waals surface area contributed by atoms with Gasteiger partial charge in [-0.05, 0) is 29.9 Å². The SMILES string of the molecule is O=C(N[C@H](NC(=S)Nc1ccccc1)C(Cl)(Cl)Cl)OCc1ccccc1. The van der Waals surface area contributed by atoms with Gasteiger partial charge in [-0.2, -0.15) is 0 Å². The van der Waals surface area contributed by atoms with E-state index >= 15 is 0 Å². The fraction of sp³-hybridized carbons (Fsp3) is 0.176. The number of thiocarbonyl (C=S) groups is 1. The largest absolute Gasteiger partial charge is 0.445 e. The highest BCUT2D eigenvalue weighted by Crippen LogP contribution is 2.29. The molecule has 138 valence electrons. The molecular formula is C17H16Cl3N3O2S. The van der Waals surface area contributed by atoms with Gasteiger partial charge in [-0.15, -0.1) is 0 Å². The van der Waals surface area contributed by atoms with Gasteiger partial charge in [0.2, 0.25) is 3.79 Å². The summed E-state index contributed by atoms with van der Waals surface area (Å²) in [6, 6.07) is 18.4. The number of nitrogens with one attached hydrogen (secondary N) is 3. The predicted molar refractivity (Wildman–Crippen MR) is 110 cm³/mol. The number of ether oxygens (including phenoxy) is 1. The molecule has 0 aliphatic heterocycles. The number of benzene rings is 2. The molecule has 5 nitrogen and oxygen atoms in total. The van der Waals surface area contributed by atoms with Gasteiger partial charge in [0, 0.05) is 5.69 Å². The highest BCUT2D eigenvalue weighted by molar-refractivity contribution is 7.80. The number of hydrogen-bond donors (Lipinski definition) is 3. The number of halogens is 3. The molecule has 1 amide bonds. The lowest BCUT2D eigenvalue weighted by Gasteiger charge is -2.27. The van der Waals surface area contributed by atoms with Crippen LogP contribution in [-0.2, 0) is 11.3 Å². The average molecular weight is 433 g/mol. The molecule has 2 aromatic carbocycles. The summed E-state index contributed by atoms with van der Waals surface area (Å²) >= 11 is 22.9. The minimum absolute atomic E-state index is 0.0892. The molecule has 1 atom stereocenters. The van der Waals surface area contributed by atoms with Crippen LogP contribution in [0.1, 0.15) is 5.56 Å². The maximum Gasteiger partial charge on any atom is 0.409 e. The van der Waals surface area contributed by atoms with E-state index in [1.165, 1.54) is 0 Å². The van der Waals surface area contributed by atoms with Crippen molar-refractivity contribution in [2.45, 2.75) is 16.6 Å². The Balaban J connectivity index is 1.90. The molecule has 0 radical (unpaired) electrons. The van der Waals surface area contributed by atoms with Gasteiger partial charge < -0.3 is 15.4 Å². The Kier molecular flexibility index (Phi) is 7.78. The van der Waals surface area contributed by atoms with Gasteiger partial charge in [-0.1, -0.05) is 83.3 Å². The maximum atomic E-state index is 12.0. The third-order valence-corrected chi connectivity index (χ3v) is 3.98. The van der Waals surface area contributed by atoms with E-state index in [1.807, 2.05) is 60.7 Å². The maximum absolute atomic E-state index is 12.0. The van der Waals surface area contributed by atoms with Crippen LogP contribution in [0.2, 0.25) is 0 Å². The summed E-state index contributed by atoms with van der Waals surface area (Å²) in [7, 11) is 0. The molecule has 0 saturated heterocycles. The van der Waals surface area contributed by atoms with Gasteiger partial charge in [-0.3, -0.25) is 5.32 Å². The molecule has 26 heavy (non-hydrogen) atoms. The highest BCUT2D eigenvalue weighted by Gasteiger charge is 2.35. The highest BCUT2D eigenvalue weighted by atomic mass is 35.6. The number of para-hydroxylation sites is 1. The number of carbonyl (C=O) groups excluding carboxylic acids is 1. The molecule has 0 spiro atoms. The van der Waals surface area contributed by atoms with Crippen molar-refractivity contribution in [2.75, 3.05) is 5.32 Å². The second kappa shape index (κ2) is 9.83. The fourth-order valence-corrected chi connectivity index (χ4v) is 2.47. The van der Waals surface area contributed by atoms with E-state index < -0.39 is 16.1 Å². The van der Waals surface area contributed by atoms with Crippen molar-refractivity contribution in [3.63, 3.8) is 0 Å². The van der Waals surface area contributed by atoms with Crippen LogP contribution < -0.4 is 16.0 Å². The summed E-state index contributed by atoms with van der Waals surface area (Å²) in [5.74, 6) is 0. The Morgan fingerprint density at radius 2 is 1.58 bits per heavy atom. The lowest BCUT2D eigenvalue weighted by molar-refractivity contribution is 0.135. The summed E-state index contributed by atoms with van der Waals surface area (Å²) < 4.78 is 3.27. The standard InChI is InChI=1S/C17H16Cl3N3O2S/c18-17(19,20)14(22-15(26)21-13-9-5-2-6-10-13)23-16(24)25-11-12-7-3-1-4-8-12/h1-10,14H,11H2,(H,23,24)(H2,21,22,26)/t14-/m0/s1. The van der Waals surface area contributed by atoms with E-state index in [4.69, 9.17) is 51.8 Å². The molecule has 0 bridgehead atoms. The van der Waals surface area contributed by atoms with Crippen LogP contribution in [0.5, 0.6) is 0 Å². The minimum Gasteiger partial charge on any atom is -0.445 e. The first kappa shape index (κ1) is 20.6. The van der Waals surface area contributed by atoms with Crippen LogP contribution >= 0.6 is 47.0 Å². The van der Waals surface area contributed by atoms with Crippen molar-refractivity contribution in [3.05, 3.63) is 66.2 Å². The second-order valence-electron chi connectivity index (χ2n) is 5.15. The summed E-state index contributed by atoms with van der Waals surface area (Å²) in [6.45, 7) is 0.0892. The van der Waals surface area contributed by atoms with E-state index in [0.29, 0.717) is 0 Å².